The van der Waals surface area contributed by atoms with Crippen molar-refractivity contribution in [3.05, 3.63) is 57.6 Å². The van der Waals surface area contributed by atoms with Crippen LogP contribution in [0.1, 0.15) is 11.5 Å². The van der Waals surface area contributed by atoms with Crippen LogP contribution >= 0.6 is 11.6 Å². The molecule has 1 unspecified atom stereocenters. The molecule has 1 atom stereocenters. The minimum Gasteiger partial charge on any atom is -0.454 e. The molecule has 2 aliphatic heterocycles. The highest BCUT2D eigenvalue weighted by molar-refractivity contribution is 6.31. The summed E-state index contributed by atoms with van der Waals surface area (Å²) in [5, 5.41) is 9.76. The van der Waals surface area contributed by atoms with Crippen molar-refractivity contribution in [2.75, 3.05) is 6.61 Å². The van der Waals surface area contributed by atoms with E-state index in [1.165, 1.54) is 0 Å². The Labute approximate surface area is 119 Å². The molecule has 0 aliphatic carbocycles. The number of nitrogens with zero attached hydrogens (tertiary/aromatic N) is 1. The van der Waals surface area contributed by atoms with E-state index in [0.717, 1.165) is 0 Å². The van der Waals surface area contributed by atoms with Crippen LogP contribution in [0.5, 0.6) is 0 Å². The first-order valence-electron chi connectivity index (χ1n) is 5.85. The van der Waals surface area contributed by atoms with E-state index in [0.29, 0.717) is 21.9 Å². The second-order valence-electron chi connectivity index (χ2n) is 4.36. The first-order valence-corrected chi connectivity index (χ1v) is 6.23. The Morgan fingerprint density at radius 1 is 1.40 bits per heavy atom. The van der Waals surface area contributed by atoms with Crippen LogP contribution in [0.2, 0.25) is 5.02 Å². The van der Waals surface area contributed by atoms with Crippen molar-refractivity contribution in [3.8, 4) is 6.07 Å². The molecule has 2 aliphatic rings. The van der Waals surface area contributed by atoms with Crippen molar-refractivity contribution in [1.29, 1.82) is 5.26 Å². The van der Waals surface area contributed by atoms with Gasteiger partial charge in [0.2, 0.25) is 5.88 Å². The Bertz CT molecular complexity index is 715. The van der Waals surface area contributed by atoms with E-state index < -0.39 is 11.9 Å². The number of carbonyl (C=O) groups is 1. The first kappa shape index (κ1) is 12.6. The number of rotatable bonds is 1. The Morgan fingerprint density at radius 3 is 2.85 bits per heavy atom. The van der Waals surface area contributed by atoms with E-state index >= 15 is 0 Å². The second kappa shape index (κ2) is 4.58. The van der Waals surface area contributed by atoms with Gasteiger partial charge >= 0.3 is 5.97 Å². The molecule has 1 aromatic rings. The minimum absolute atomic E-state index is 0.0190. The zero-order chi connectivity index (χ0) is 14.3. The van der Waals surface area contributed by atoms with E-state index in [9.17, 15) is 10.1 Å². The number of nitriles is 1. The van der Waals surface area contributed by atoms with E-state index in [-0.39, 0.29) is 18.1 Å². The summed E-state index contributed by atoms with van der Waals surface area (Å²) in [7, 11) is 0. The van der Waals surface area contributed by atoms with E-state index in [2.05, 4.69) is 0 Å². The van der Waals surface area contributed by atoms with E-state index in [4.69, 9.17) is 26.8 Å². The highest BCUT2D eigenvalue weighted by Gasteiger charge is 2.41. The van der Waals surface area contributed by atoms with Crippen LogP contribution in [0.25, 0.3) is 0 Å². The lowest BCUT2D eigenvalue weighted by atomic mass is 9.83. The molecule has 5 nitrogen and oxygen atoms in total. The van der Waals surface area contributed by atoms with Gasteiger partial charge in [-0.05, 0) is 11.6 Å². The van der Waals surface area contributed by atoms with Gasteiger partial charge in [-0.25, -0.2) is 4.79 Å². The maximum absolute atomic E-state index is 11.9. The Morgan fingerprint density at radius 2 is 2.15 bits per heavy atom. The lowest BCUT2D eigenvalue weighted by molar-refractivity contribution is -0.136. The van der Waals surface area contributed by atoms with Crippen molar-refractivity contribution in [2.24, 2.45) is 5.73 Å². The number of cyclic esters (lactones) is 1. The summed E-state index contributed by atoms with van der Waals surface area (Å²) in [4.78, 5) is 11.9. The third-order valence-corrected chi connectivity index (χ3v) is 3.61. The number of carbonyl (C=O) groups excluding carboxylic acids is 1. The van der Waals surface area contributed by atoms with Gasteiger partial charge in [0.05, 0.1) is 11.5 Å². The molecular formula is C14H9ClN2O3. The van der Waals surface area contributed by atoms with Crippen LogP contribution in [-0.4, -0.2) is 12.6 Å². The number of nitrogens with two attached hydrogens (primary N) is 1. The maximum Gasteiger partial charge on any atom is 0.339 e. The summed E-state index contributed by atoms with van der Waals surface area (Å²) in [5.74, 6) is -0.830. The molecular weight excluding hydrogens is 280 g/mol. The molecule has 2 heterocycles. The molecule has 0 saturated heterocycles. The van der Waals surface area contributed by atoms with E-state index in [1.54, 1.807) is 24.3 Å². The van der Waals surface area contributed by atoms with Gasteiger partial charge < -0.3 is 15.2 Å². The second-order valence-corrected chi connectivity index (χ2v) is 4.77. The third kappa shape index (κ3) is 1.74. The fraction of sp³-hybridized carbons (Fsp3) is 0.143. The number of allylic oxidation sites excluding steroid dienone is 1. The van der Waals surface area contributed by atoms with Crippen LogP contribution in [0, 0.1) is 11.3 Å². The topological polar surface area (TPSA) is 85.3 Å². The van der Waals surface area contributed by atoms with Crippen LogP contribution in [-0.2, 0) is 14.3 Å². The molecule has 3 rings (SSSR count). The van der Waals surface area contributed by atoms with Gasteiger partial charge in [-0.15, -0.1) is 0 Å². The number of esters is 1. The van der Waals surface area contributed by atoms with E-state index in [1.807, 2.05) is 6.07 Å². The number of benzene rings is 1. The number of hydrogen-bond donors (Lipinski definition) is 1. The smallest absolute Gasteiger partial charge is 0.339 e. The lowest BCUT2D eigenvalue weighted by Gasteiger charge is -2.24. The van der Waals surface area contributed by atoms with Gasteiger partial charge in [-0.2, -0.15) is 5.26 Å². The fourth-order valence-corrected chi connectivity index (χ4v) is 2.62. The van der Waals surface area contributed by atoms with Crippen molar-refractivity contribution in [3.63, 3.8) is 0 Å². The summed E-state index contributed by atoms with van der Waals surface area (Å²) in [6, 6.07) is 8.98. The van der Waals surface area contributed by atoms with Gasteiger partial charge in [0, 0.05) is 5.02 Å². The molecule has 2 N–H and O–H groups in total. The summed E-state index contributed by atoms with van der Waals surface area (Å²) in [6.07, 6.45) is 0. The zero-order valence-electron chi connectivity index (χ0n) is 10.2. The largest absolute Gasteiger partial charge is 0.454 e. The third-order valence-electron chi connectivity index (χ3n) is 3.27. The standard InChI is InChI=1S/C14H9ClN2O3/c15-9-4-2-1-3-7(9)11-8(5-16)13(17)20-10-6-19-14(18)12(10)11/h1-4,11H,6,17H2. The van der Waals surface area contributed by atoms with Crippen LogP contribution in [0.15, 0.2) is 47.1 Å². The summed E-state index contributed by atoms with van der Waals surface area (Å²) >= 11 is 6.18. The number of hydrogen-bond acceptors (Lipinski definition) is 5. The summed E-state index contributed by atoms with van der Waals surface area (Å²) < 4.78 is 10.3. The van der Waals surface area contributed by atoms with Gasteiger partial charge in [-0.3, -0.25) is 0 Å². The predicted molar refractivity (Wildman–Crippen MR) is 70.1 cm³/mol. The molecule has 0 aromatic heterocycles. The molecule has 0 amide bonds. The normalized spacial score (nSPS) is 21.2. The monoisotopic (exact) mass is 288 g/mol. The minimum atomic E-state index is -0.646. The van der Waals surface area contributed by atoms with Gasteiger partial charge in [0.25, 0.3) is 0 Å². The molecule has 0 radical (unpaired) electrons. The highest BCUT2D eigenvalue weighted by Crippen LogP contribution is 2.43. The van der Waals surface area contributed by atoms with Crippen LogP contribution < -0.4 is 5.73 Å². The fourth-order valence-electron chi connectivity index (χ4n) is 2.38. The molecule has 20 heavy (non-hydrogen) atoms. The Hall–Kier alpha value is -2.45. The van der Waals surface area contributed by atoms with Crippen molar-refractivity contribution in [2.45, 2.75) is 5.92 Å². The number of halogens is 1. The molecule has 0 fully saturated rings. The lowest BCUT2D eigenvalue weighted by Crippen LogP contribution is -2.22. The molecule has 100 valence electrons. The first-order chi connectivity index (χ1) is 9.63. The van der Waals surface area contributed by atoms with Gasteiger partial charge in [0.15, 0.2) is 5.76 Å². The maximum atomic E-state index is 11.9. The average molecular weight is 289 g/mol. The quantitative estimate of drug-likeness (QED) is 0.798. The van der Waals surface area contributed by atoms with Crippen molar-refractivity contribution < 1.29 is 14.3 Å². The molecule has 0 saturated carbocycles. The summed E-state index contributed by atoms with van der Waals surface area (Å²) in [6.45, 7) is 0.0223. The van der Waals surface area contributed by atoms with Gasteiger partial charge in [0.1, 0.15) is 18.2 Å². The van der Waals surface area contributed by atoms with Gasteiger partial charge in [-0.1, -0.05) is 29.8 Å². The number of ether oxygens (including phenoxy) is 2. The highest BCUT2D eigenvalue weighted by atomic mass is 35.5. The Kier molecular flexibility index (Phi) is 2.88. The van der Waals surface area contributed by atoms with Crippen LogP contribution in [0.3, 0.4) is 0 Å². The average Bonchev–Trinajstić information content (AvgIpc) is 2.79. The Balaban J connectivity index is 2.22. The zero-order valence-corrected chi connectivity index (χ0v) is 11.0. The molecule has 0 spiro atoms. The predicted octanol–water partition coefficient (Wildman–Crippen LogP) is 1.96. The SMILES string of the molecule is N#CC1=C(N)OC2=C(C(=O)OC2)C1c1ccccc1Cl. The van der Waals surface area contributed by atoms with Crippen LogP contribution in [0.4, 0.5) is 0 Å². The van der Waals surface area contributed by atoms with Crippen molar-refractivity contribution >= 4 is 17.6 Å². The molecule has 1 aromatic carbocycles. The molecule has 0 bridgehead atoms. The molecule has 6 heteroatoms. The summed E-state index contributed by atoms with van der Waals surface area (Å²) in [5.41, 5.74) is 6.85. The van der Waals surface area contributed by atoms with Crippen molar-refractivity contribution in [1.82, 2.24) is 0 Å².